The zero-order valence-corrected chi connectivity index (χ0v) is 11.3. The second-order valence-corrected chi connectivity index (χ2v) is 4.98. The molecule has 21 heavy (non-hydrogen) atoms. The van der Waals surface area contributed by atoms with Crippen LogP contribution >= 0.6 is 11.3 Å². The summed E-state index contributed by atoms with van der Waals surface area (Å²) in [7, 11) is 0. The molecule has 0 aliphatic rings. The maximum absolute atomic E-state index is 11.9. The van der Waals surface area contributed by atoms with Crippen molar-refractivity contribution in [2.45, 2.75) is 0 Å². The molecule has 3 amide bonds. The summed E-state index contributed by atoms with van der Waals surface area (Å²) in [6.45, 7) is 0. The molecule has 8 nitrogen and oxygen atoms in total. The highest BCUT2D eigenvalue weighted by molar-refractivity contribution is 7.17. The summed E-state index contributed by atoms with van der Waals surface area (Å²) in [6.07, 6.45) is 0. The number of nitrogens with zero attached hydrogens (tertiary/aromatic N) is 1. The van der Waals surface area contributed by atoms with Crippen LogP contribution in [0, 0.1) is 10.1 Å². The van der Waals surface area contributed by atoms with Gasteiger partial charge in [0.2, 0.25) is 0 Å². The fourth-order valence-electron chi connectivity index (χ4n) is 1.52. The molecule has 0 bridgehead atoms. The van der Waals surface area contributed by atoms with Crippen molar-refractivity contribution in [3.63, 3.8) is 0 Å². The summed E-state index contributed by atoms with van der Waals surface area (Å²) in [5, 5.41) is 15.4. The molecule has 0 saturated heterocycles. The van der Waals surface area contributed by atoms with E-state index in [2.05, 4.69) is 10.6 Å². The van der Waals surface area contributed by atoms with Gasteiger partial charge in [0.25, 0.3) is 5.91 Å². The van der Waals surface area contributed by atoms with Crippen LogP contribution in [0.15, 0.2) is 36.4 Å². The summed E-state index contributed by atoms with van der Waals surface area (Å²) in [5.74, 6) is -0.441. The number of amides is 3. The van der Waals surface area contributed by atoms with Gasteiger partial charge in [0.1, 0.15) is 0 Å². The number of urea groups is 1. The van der Waals surface area contributed by atoms with Crippen molar-refractivity contribution >= 4 is 39.7 Å². The van der Waals surface area contributed by atoms with E-state index in [1.54, 1.807) is 24.3 Å². The Balaban J connectivity index is 2.04. The molecule has 1 aromatic carbocycles. The molecule has 9 heteroatoms. The lowest BCUT2D eigenvalue weighted by Gasteiger charge is -2.05. The van der Waals surface area contributed by atoms with Crippen LogP contribution in [-0.4, -0.2) is 16.9 Å². The monoisotopic (exact) mass is 306 g/mol. The average molecular weight is 306 g/mol. The fourth-order valence-corrected chi connectivity index (χ4v) is 2.24. The molecule has 0 radical (unpaired) electrons. The highest BCUT2D eigenvalue weighted by atomic mass is 32.1. The maximum atomic E-state index is 11.9. The lowest BCUT2D eigenvalue weighted by Crippen LogP contribution is -2.19. The van der Waals surface area contributed by atoms with Crippen molar-refractivity contribution in [2.24, 2.45) is 5.73 Å². The van der Waals surface area contributed by atoms with E-state index in [4.69, 9.17) is 5.73 Å². The number of carbonyl (C=O) groups is 2. The molecule has 0 aliphatic carbocycles. The van der Waals surface area contributed by atoms with Gasteiger partial charge in [0.15, 0.2) is 0 Å². The first-order chi connectivity index (χ1) is 9.95. The molecule has 0 aliphatic heterocycles. The van der Waals surface area contributed by atoms with Crippen LogP contribution in [0.5, 0.6) is 0 Å². The first-order valence-corrected chi connectivity index (χ1v) is 6.49. The molecular formula is C12H10N4O4S. The predicted octanol–water partition coefficient (Wildman–Crippen LogP) is 2.40. The van der Waals surface area contributed by atoms with E-state index in [1.165, 1.54) is 12.1 Å². The van der Waals surface area contributed by atoms with E-state index in [1.807, 2.05) is 0 Å². The number of hydrogen-bond donors (Lipinski definition) is 3. The van der Waals surface area contributed by atoms with Crippen molar-refractivity contribution in [2.75, 3.05) is 10.6 Å². The summed E-state index contributed by atoms with van der Waals surface area (Å²) in [5.41, 5.74) is 5.96. The van der Waals surface area contributed by atoms with Crippen LogP contribution in [-0.2, 0) is 0 Å². The molecular weight excluding hydrogens is 296 g/mol. The number of thiophene rings is 1. The third kappa shape index (κ3) is 3.76. The van der Waals surface area contributed by atoms with Crippen molar-refractivity contribution in [1.82, 2.24) is 0 Å². The molecule has 2 aromatic rings. The SMILES string of the molecule is NC(=O)Nc1ccc(NC(=O)c2ccc([N+](=O)[O-])s2)cc1. The van der Waals surface area contributed by atoms with Gasteiger partial charge in [-0.05, 0) is 30.3 Å². The standard InChI is InChI=1S/C12H10N4O4S/c13-12(18)15-8-3-1-7(2-4-8)14-11(17)9-5-6-10(21-9)16(19)20/h1-6H,(H,14,17)(H3,13,15,18). The largest absolute Gasteiger partial charge is 0.351 e. The molecule has 0 saturated carbocycles. The van der Waals surface area contributed by atoms with E-state index >= 15 is 0 Å². The Morgan fingerprint density at radius 1 is 1.05 bits per heavy atom. The molecule has 0 unspecified atom stereocenters. The van der Waals surface area contributed by atoms with Gasteiger partial charge < -0.3 is 16.4 Å². The first kappa shape index (κ1) is 14.5. The number of primary amides is 1. The predicted molar refractivity (Wildman–Crippen MR) is 78.6 cm³/mol. The van der Waals surface area contributed by atoms with Crippen molar-refractivity contribution in [1.29, 1.82) is 0 Å². The lowest BCUT2D eigenvalue weighted by molar-refractivity contribution is -0.380. The number of nitrogens with two attached hydrogens (primary N) is 1. The third-order valence-corrected chi connectivity index (χ3v) is 3.44. The highest BCUT2D eigenvalue weighted by Crippen LogP contribution is 2.25. The Morgan fingerprint density at radius 2 is 1.62 bits per heavy atom. The van der Waals surface area contributed by atoms with E-state index in [0.717, 1.165) is 11.3 Å². The summed E-state index contributed by atoms with van der Waals surface area (Å²) in [4.78, 5) is 32.8. The lowest BCUT2D eigenvalue weighted by atomic mass is 10.2. The van der Waals surface area contributed by atoms with Gasteiger partial charge in [0.05, 0.1) is 9.80 Å². The number of anilines is 2. The molecule has 0 atom stereocenters. The Hall–Kier alpha value is -2.94. The Kier molecular flexibility index (Phi) is 4.14. The molecule has 108 valence electrons. The van der Waals surface area contributed by atoms with Crippen LogP contribution in [0.1, 0.15) is 9.67 Å². The normalized spacial score (nSPS) is 9.90. The summed E-state index contributed by atoms with van der Waals surface area (Å²) in [6, 6.07) is 8.27. The molecule has 2 rings (SSSR count). The zero-order chi connectivity index (χ0) is 15.4. The van der Waals surface area contributed by atoms with Crippen molar-refractivity contribution < 1.29 is 14.5 Å². The molecule has 1 heterocycles. The number of hydrogen-bond acceptors (Lipinski definition) is 5. The van der Waals surface area contributed by atoms with Crippen molar-refractivity contribution in [3.05, 3.63) is 51.4 Å². The Bertz CT molecular complexity index is 696. The van der Waals surface area contributed by atoms with E-state index in [-0.39, 0.29) is 9.88 Å². The number of nitrogens with one attached hydrogen (secondary N) is 2. The van der Waals surface area contributed by atoms with E-state index < -0.39 is 16.9 Å². The van der Waals surface area contributed by atoms with Gasteiger partial charge in [-0.1, -0.05) is 11.3 Å². The minimum absolute atomic E-state index is 0.0962. The van der Waals surface area contributed by atoms with Crippen LogP contribution in [0.3, 0.4) is 0 Å². The molecule has 0 spiro atoms. The molecule has 1 aromatic heterocycles. The van der Waals surface area contributed by atoms with Crippen molar-refractivity contribution in [3.8, 4) is 0 Å². The minimum atomic E-state index is -0.683. The number of carbonyl (C=O) groups excluding carboxylic acids is 2. The van der Waals surface area contributed by atoms with Gasteiger partial charge in [-0.3, -0.25) is 14.9 Å². The second kappa shape index (κ2) is 6.01. The average Bonchev–Trinajstić information content (AvgIpc) is 2.90. The van der Waals surface area contributed by atoms with Crippen LogP contribution < -0.4 is 16.4 Å². The highest BCUT2D eigenvalue weighted by Gasteiger charge is 2.15. The maximum Gasteiger partial charge on any atom is 0.324 e. The molecule has 4 N–H and O–H groups in total. The summed E-state index contributed by atoms with van der Waals surface area (Å²) < 4.78 is 0. The van der Waals surface area contributed by atoms with Gasteiger partial charge in [-0.2, -0.15) is 0 Å². The Labute approximate surface area is 122 Å². The first-order valence-electron chi connectivity index (χ1n) is 5.68. The van der Waals surface area contributed by atoms with E-state index in [0.29, 0.717) is 11.4 Å². The Morgan fingerprint density at radius 3 is 2.10 bits per heavy atom. The van der Waals surface area contributed by atoms with Gasteiger partial charge in [-0.25, -0.2) is 4.79 Å². The van der Waals surface area contributed by atoms with Gasteiger partial charge in [-0.15, -0.1) is 0 Å². The van der Waals surface area contributed by atoms with Crippen LogP contribution in [0.4, 0.5) is 21.2 Å². The minimum Gasteiger partial charge on any atom is -0.351 e. The summed E-state index contributed by atoms with van der Waals surface area (Å²) >= 11 is 0.795. The van der Waals surface area contributed by atoms with Gasteiger partial charge in [0, 0.05) is 17.4 Å². The van der Waals surface area contributed by atoms with Gasteiger partial charge >= 0.3 is 11.0 Å². The number of rotatable bonds is 4. The number of nitro groups is 1. The number of benzene rings is 1. The second-order valence-electron chi connectivity index (χ2n) is 3.92. The quantitative estimate of drug-likeness (QED) is 0.591. The smallest absolute Gasteiger partial charge is 0.324 e. The van der Waals surface area contributed by atoms with E-state index in [9.17, 15) is 19.7 Å². The topological polar surface area (TPSA) is 127 Å². The fraction of sp³-hybridized carbons (Fsp3) is 0. The molecule has 0 fully saturated rings. The van der Waals surface area contributed by atoms with Crippen LogP contribution in [0.25, 0.3) is 0 Å². The van der Waals surface area contributed by atoms with Crippen LogP contribution in [0.2, 0.25) is 0 Å². The zero-order valence-electron chi connectivity index (χ0n) is 10.5. The third-order valence-electron chi connectivity index (χ3n) is 2.41.